The molecule has 0 aliphatic carbocycles. The van der Waals surface area contributed by atoms with Crippen molar-refractivity contribution in [1.29, 1.82) is 0 Å². The first-order valence-electron chi connectivity index (χ1n) is 16.5. The molecule has 0 aliphatic rings. The number of nitrogens with one attached hydrogen (secondary N) is 2. The van der Waals surface area contributed by atoms with Crippen molar-refractivity contribution in [3.8, 4) is 0 Å². The highest BCUT2D eigenvalue weighted by molar-refractivity contribution is 7.99. The molecule has 2 nitrogen and oxygen atoms in total. The average Bonchev–Trinajstić information content (AvgIpc) is 2.94. The Labute approximate surface area is 246 Å². The molecular weight excluding hydrogens is 492 g/mol. The van der Waals surface area contributed by atoms with Crippen LogP contribution in [0.15, 0.2) is 58.3 Å². The summed E-state index contributed by atoms with van der Waals surface area (Å²) in [6.07, 6.45) is 24.7. The fourth-order valence-electron chi connectivity index (χ4n) is 5.26. The van der Waals surface area contributed by atoms with Crippen LogP contribution in [0.3, 0.4) is 0 Å². The molecule has 2 N–H and O–H groups in total. The summed E-state index contributed by atoms with van der Waals surface area (Å²) in [5, 5.41) is 7.38. The zero-order valence-electron chi connectivity index (χ0n) is 25.9. The summed E-state index contributed by atoms with van der Waals surface area (Å²) in [6.45, 7) is 9.21. The highest BCUT2D eigenvalue weighted by Crippen LogP contribution is 2.30. The first-order chi connectivity index (χ1) is 19.1. The monoisotopic (exact) mass is 552 g/mol. The summed E-state index contributed by atoms with van der Waals surface area (Å²) in [5.41, 5.74) is 2.47. The number of benzene rings is 2. The molecule has 0 heterocycles. The van der Waals surface area contributed by atoms with Crippen LogP contribution >= 0.6 is 11.8 Å². The number of hydrogen-bond donors (Lipinski definition) is 2. The summed E-state index contributed by atoms with van der Waals surface area (Å²) >= 11 is 1.84. The standard InChI is InChI=1S/C36H60N2S/c1-5-7-9-11-13-15-17-19-21-31(3)37-33-23-27-35(28-24-33)39-36-29-25-34(26-30-36)38-32(4)22-20-18-16-14-12-10-8-6-2/h23-32,37-38H,5-22H2,1-4H3. The second kappa shape index (κ2) is 22.1. The molecule has 0 amide bonds. The summed E-state index contributed by atoms with van der Waals surface area (Å²) in [5.74, 6) is 0. The predicted octanol–water partition coefficient (Wildman–Crippen LogP) is 12.5. The second-order valence-corrected chi connectivity index (χ2v) is 12.9. The van der Waals surface area contributed by atoms with Gasteiger partial charge >= 0.3 is 0 Å². The largest absolute Gasteiger partial charge is 0.383 e. The van der Waals surface area contributed by atoms with Crippen LogP contribution < -0.4 is 10.6 Å². The van der Waals surface area contributed by atoms with Gasteiger partial charge in [0, 0.05) is 33.2 Å². The molecule has 0 radical (unpaired) electrons. The molecular formula is C36H60N2S. The van der Waals surface area contributed by atoms with E-state index < -0.39 is 0 Å². The van der Waals surface area contributed by atoms with Crippen molar-refractivity contribution in [3.63, 3.8) is 0 Å². The van der Waals surface area contributed by atoms with Gasteiger partial charge in [-0.15, -0.1) is 0 Å². The third-order valence-corrected chi connectivity index (χ3v) is 8.77. The quantitative estimate of drug-likeness (QED) is 0.127. The minimum absolute atomic E-state index is 0.529. The van der Waals surface area contributed by atoms with Crippen LogP contribution in [0.4, 0.5) is 11.4 Å². The number of unbranched alkanes of at least 4 members (excludes halogenated alkanes) is 14. The zero-order valence-corrected chi connectivity index (χ0v) is 26.7. The fourth-order valence-corrected chi connectivity index (χ4v) is 6.07. The van der Waals surface area contributed by atoms with E-state index in [1.807, 2.05) is 11.8 Å². The van der Waals surface area contributed by atoms with E-state index >= 15 is 0 Å². The topological polar surface area (TPSA) is 24.1 Å². The van der Waals surface area contributed by atoms with Gasteiger partial charge < -0.3 is 10.6 Å². The second-order valence-electron chi connectivity index (χ2n) is 11.8. The molecule has 0 saturated heterocycles. The van der Waals surface area contributed by atoms with E-state index in [1.165, 1.54) is 137 Å². The Bertz CT molecular complexity index is 747. The maximum Gasteiger partial charge on any atom is 0.0342 e. The van der Waals surface area contributed by atoms with E-state index in [0.717, 1.165) is 0 Å². The summed E-state index contributed by atoms with van der Waals surface area (Å²) < 4.78 is 0. The Hall–Kier alpha value is -1.61. The first-order valence-corrected chi connectivity index (χ1v) is 17.3. The predicted molar refractivity (Wildman–Crippen MR) is 178 cm³/mol. The van der Waals surface area contributed by atoms with Crippen molar-refractivity contribution in [2.45, 2.75) is 165 Å². The van der Waals surface area contributed by atoms with E-state index in [-0.39, 0.29) is 0 Å². The lowest BCUT2D eigenvalue weighted by molar-refractivity contribution is 0.550. The molecule has 2 aromatic carbocycles. The van der Waals surface area contributed by atoms with Crippen molar-refractivity contribution in [2.75, 3.05) is 10.6 Å². The normalized spacial score (nSPS) is 12.8. The van der Waals surface area contributed by atoms with Crippen LogP contribution in [-0.2, 0) is 0 Å². The lowest BCUT2D eigenvalue weighted by Gasteiger charge is -2.16. The van der Waals surface area contributed by atoms with Gasteiger partial charge in [-0.1, -0.05) is 128 Å². The molecule has 2 unspecified atom stereocenters. The Morgan fingerprint density at radius 3 is 1.10 bits per heavy atom. The Morgan fingerprint density at radius 1 is 0.462 bits per heavy atom. The number of hydrogen-bond acceptors (Lipinski definition) is 3. The van der Waals surface area contributed by atoms with Gasteiger partial charge in [-0.25, -0.2) is 0 Å². The third kappa shape index (κ3) is 16.9. The van der Waals surface area contributed by atoms with Gasteiger partial charge in [0.15, 0.2) is 0 Å². The van der Waals surface area contributed by atoms with E-state index in [0.29, 0.717) is 12.1 Å². The highest BCUT2D eigenvalue weighted by atomic mass is 32.2. The van der Waals surface area contributed by atoms with Crippen molar-refractivity contribution in [1.82, 2.24) is 0 Å². The Balaban J connectivity index is 1.60. The lowest BCUT2D eigenvalue weighted by atomic mass is 10.1. The van der Waals surface area contributed by atoms with Gasteiger partial charge in [-0.2, -0.15) is 0 Å². The highest BCUT2D eigenvalue weighted by Gasteiger charge is 2.05. The molecule has 2 aromatic rings. The van der Waals surface area contributed by atoms with Crippen molar-refractivity contribution < 1.29 is 0 Å². The minimum Gasteiger partial charge on any atom is -0.383 e. The molecule has 0 spiro atoms. The smallest absolute Gasteiger partial charge is 0.0342 e. The zero-order chi connectivity index (χ0) is 28.0. The number of anilines is 2. The van der Waals surface area contributed by atoms with Gasteiger partial charge in [-0.05, 0) is 75.2 Å². The van der Waals surface area contributed by atoms with E-state index in [2.05, 4.69) is 86.9 Å². The summed E-state index contributed by atoms with van der Waals surface area (Å²) in [7, 11) is 0. The Kier molecular flexibility index (Phi) is 19.1. The summed E-state index contributed by atoms with van der Waals surface area (Å²) in [6, 6.07) is 19.0. The molecule has 39 heavy (non-hydrogen) atoms. The van der Waals surface area contributed by atoms with E-state index in [1.54, 1.807) is 0 Å². The van der Waals surface area contributed by atoms with E-state index in [4.69, 9.17) is 0 Å². The van der Waals surface area contributed by atoms with Gasteiger partial charge in [0.2, 0.25) is 0 Å². The van der Waals surface area contributed by atoms with Crippen LogP contribution in [-0.4, -0.2) is 12.1 Å². The molecule has 3 heteroatoms. The minimum atomic E-state index is 0.529. The van der Waals surface area contributed by atoms with E-state index in [9.17, 15) is 0 Å². The SMILES string of the molecule is CCCCCCCCCCC(C)Nc1ccc(Sc2ccc(NC(C)CCCCCCCCCC)cc2)cc1. The Morgan fingerprint density at radius 2 is 0.769 bits per heavy atom. The lowest BCUT2D eigenvalue weighted by Crippen LogP contribution is -2.14. The molecule has 0 aliphatic heterocycles. The number of rotatable bonds is 24. The molecule has 0 fully saturated rings. The van der Waals surface area contributed by atoms with Gasteiger partial charge in [0.25, 0.3) is 0 Å². The summed E-state index contributed by atoms with van der Waals surface area (Å²) in [4.78, 5) is 2.58. The van der Waals surface area contributed by atoms with Gasteiger partial charge in [0.05, 0.1) is 0 Å². The van der Waals surface area contributed by atoms with Crippen LogP contribution in [0.5, 0.6) is 0 Å². The molecule has 0 aromatic heterocycles. The van der Waals surface area contributed by atoms with Crippen molar-refractivity contribution in [2.24, 2.45) is 0 Å². The molecule has 0 bridgehead atoms. The van der Waals surface area contributed by atoms with Crippen LogP contribution in [0.2, 0.25) is 0 Å². The maximum atomic E-state index is 3.69. The fraction of sp³-hybridized carbons (Fsp3) is 0.667. The van der Waals surface area contributed by atoms with Gasteiger partial charge in [0.1, 0.15) is 0 Å². The molecule has 2 atom stereocenters. The third-order valence-electron chi connectivity index (χ3n) is 7.75. The molecule has 2 rings (SSSR count). The molecule has 220 valence electrons. The average molecular weight is 553 g/mol. The van der Waals surface area contributed by atoms with Crippen LogP contribution in [0, 0.1) is 0 Å². The van der Waals surface area contributed by atoms with Crippen molar-refractivity contribution in [3.05, 3.63) is 48.5 Å². The first kappa shape index (κ1) is 33.6. The molecule has 0 saturated carbocycles. The van der Waals surface area contributed by atoms with Crippen molar-refractivity contribution >= 4 is 23.1 Å². The van der Waals surface area contributed by atoms with Crippen LogP contribution in [0.25, 0.3) is 0 Å². The van der Waals surface area contributed by atoms with Gasteiger partial charge in [-0.3, -0.25) is 0 Å². The maximum absolute atomic E-state index is 3.69. The van der Waals surface area contributed by atoms with Crippen LogP contribution in [0.1, 0.15) is 143 Å².